The zero-order chi connectivity index (χ0) is 18.9. The lowest BCUT2D eigenvalue weighted by atomic mass is 10.2. The summed E-state index contributed by atoms with van der Waals surface area (Å²) < 4.78 is 22.0. The molecule has 0 unspecified atom stereocenters. The van der Waals surface area contributed by atoms with Gasteiger partial charge in [-0.3, -0.25) is 0 Å². The topological polar surface area (TPSA) is 49.0 Å². The van der Waals surface area contributed by atoms with Gasteiger partial charge in [0, 0.05) is 18.0 Å². The molecule has 26 heavy (non-hydrogen) atoms. The van der Waals surface area contributed by atoms with Crippen LogP contribution in [0.3, 0.4) is 0 Å². The second-order valence-electron chi connectivity index (χ2n) is 5.99. The maximum Gasteiger partial charge on any atom is 0.119 e. The first kappa shape index (κ1) is 22.5. The fourth-order valence-corrected chi connectivity index (χ4v) is 1.94. The van der Waals surface area contributed by atoms with Crippen LogP contribution < -0.4 is 10.1 Å². The van der Waals surface area contributed by atoms with Gasteiger partial charge in [-0.15, -0.1) is 0 Å². The number of benzene rings is 1. The van der Waals surface area contributed by atoms with Gasteiger partial charge in [-0.05, 0) is 30.8 Å². The van der Waals surface area contributed by atoms with Crippen LogP contribution in [-0.2, 0) is 14.2 Å². The van der Waals surface area contributed by atoms with Gasteiger partial charge in [-0.2, -0.15) is 0 Å². The van der Waals surface area contributed by atoms with Gasteiger partial charge >= 0.3 is 0 Å². The minimum atomic E-state index is 0.377. The molecule has 1 aromatic rings. The van der Waals surface area contributed by atoms with Crippen molar-refractivity contribution in [2.24, 2.45) is 5.92 Å². The molecule has 0 heterocycles. The van der Waals surface area contributed by atoms with Crippen LogP contribution in [-0.4, -0.2) is 59.3 Å². The molecule has 0 aliphatic heterocycles. The van der Waals surface area contributed by atoms with Crippen LogP contribution in [0.1, 0.15) is 26.3 Å². The summed E-state index contributed by atoms with van der Waals surface area (Å²) in [5, 5.41) is 3.20. The van der Waals surface area contributed by atoms with Crippen LogP contribution >= 0.6 is 0 Å². The third-order valence-corrected chi connectivity index (χ3v) is 3.27. The van der Waals surface area contributed by atoms with Crippen LogP contribution in [0.4, 0.5) is 0 Å². The zero-order valence-electron chi connectivity index (χ0n) is 16.4. The van der Waals surface area contributed by atoms with Gasteiger partial charge in [0.1, 0.15) is 12.4 Å². The van der Waals surface area contributed by atoms with Gasteiger partial charge in [-0.25, -0.2) is 0 Å². The van der Waals surface area contributed by atoms with Crippen molar-refractivity contribution >= 4 is 0 Å². The van der Waals surface area contributed by atoms with Gasteiger partial charge in [0.25, 0.3) is 0 Å². The van der Waals surface area contributed by atoms with E-state index in [-0.39, 0.29) is 0 Å². The first-order chi connectivity index (χ1) is 12.7. The molecule has 0 amide bonds. The molecule has 0 aliphatic carbocycles. The molecule has 1 aromatic carbocycles. The summed E-state index contributed by atoms with van der Waals surface area (Å²) >= 11 is 0. The highest BCUT2D eigenvalue weighted by molar-refractivity contribution is 5.38. The second-order valence-corrected chi connectivity index (χ2v) is 5.99. The average molecular weight is 363 g/mol. The predicted octanol–water partition coefficient (Wildman–Crippen LogP) is 2.73. The molecule has 1 N–H and O–H groups in total. The van der Waals surface area contributed by atoms with Crippen LogP contribution in [0.15, 0.2) is 24.3 Å². The van der Waals surface area contributed by atoms with Crippen LogP contribution in [0.25, 0.3) is 0 Å². The number of hydrogen-bond acceptors (Lipinski definition) is 5. The first-order valence-corrected chi connectivity index (χ1v) is 9.40. The predicted molar refractivity (Wildman–Crippen MR) is 105 cm³/mol. The van der Waals surface area contributed by atoms with Crippen molar-refractivity contribution in [2.45, 2.75) is 20.8 Å². The molecular formula is C21H33NO4. The standard InChI is InChI=1S/C21H33NO4/c1-4-22-11-12-23-13-14-24-15-16-25-17-18-26-21-9-7-20(8-10-21)6-5-19(2)3/h7-10,19,22H,4,11-18H2,1-3H3. The van der Waals surface area contributed by atoms with Crippen molar-refractivity contribution in [3.8, 4) is 17.6 Å². The summed E-state index contributed by atoms with van der Waals surface area (Å²) in [4.78, 5) is 0. The number of rotatable bonds is 14. The summed E-state index contributed by atoms with van der Waals surface area (Å²) in [6, 6.07) is 7.81. The SMILES string of the molecule is CCNCCOCCOCCOCCOc1ccc(C#CC(C)C)cc1. The normalized spacial score (nSPS) is 10.6. The van der Waals surface area contributed by atoms with Gasteiger partial charge in [-0.1, -0.05) is 32.6 Å². The lowest BCUT2D eigenvalue weighted by molar-refractivity contribution is 0.00989. The van der Waals surface area contributed by atoms with E-state index >= 15 is 0 Å². The van der Waals surface area contributed by atoms with Crippen LogP contribution in [0.2, 0.25) is 0 Å². The smallest absolute Gasteiger partial charge is 0.119 e. The van der Waals surface area contributed by atoms with E-state index in [1.54, 1.807) is 0 Å². The third kappa shape index (κ3) is 12.7. The molecule has 5 nitrogen and oxygen atoms in total. The molecule has 5 heteroatoms. The fraction of sp³-hybridized carbons (Fsp3) is 0.619. The number of ether oxygens (including phenoxy) is 4. The largest absolute Gasteiger partial charge is 0.491 e. The van der Waals surface area contributed by atoms with E-state index in [0.29, 0.717) is 45.6 Å². The maximum absolute atomic E-state index is 5.64. The molecule has 1 rings (SSSR count). The van der Waals surface area contributed by atoms with Crippen molar-refractivity contribution in [2.75, 3.05) is 59.3 Å². The summed E-state index contributed by atoms with van der Waals surface area (Å²) in [6.07, 6.45) is 0. The molecular weight excluding hydrogens is 330 g/mol. The number of nitrogens with one attached hydrogen (secondary N) is 1. The van der Waals surface area contributed by atoms with Gasteiger partial charge < -0.3 is 24.3 Å². The zero-order valence-corrected chi connectivity index (χ0v) is 16.4. The van der Waals surface area contributed by atoms with Gasteiger partial charge in [0.2, 0.25) is 0 Å². The molecule has 0 aliphatic rings. The minimum Gasteiger partial charge on any atom is -0.491 e. The molecule has 0 saturated heterocycles. The molecule has 0 radical (unpaired) electrons. The summed E-state index contributed by atoms with van der Waals surface area (Å²) in [5.74, 6) is 7.48. The van der Waals surface area contributed by atoms with Crippen molar-refractivity contribution in [3.63, 3.8) is 0 Å². The number of likely N-dealkylation sites (N-methyl/N-ethyl adjacent to an activating group) is 1. The Labute approximate surface area is 158 Å². The quantitative estimate of drug-likeness (QED) is 0.407. The molecule has 0 fully saturated rings. The fourth-order valence-electron chi connectivity index (χ4n) is 1.94. The molecule has 0 spiro atoms. The Morgan fingerprint density at radius 3 is 2.00 bits per heavy atom. The monoisotopic (exact) mass is 363 g/mol. The Morgan fingerprint density at radius 2 is 1.42 bits per heavy atom. The van der Waals surface area contributed by atoms with E-state index in [0.717, 1.165) is 31.0 Å². The van der Waals surface area contributed by atoms with Crippen molar-refractivity contribution in [1.29, 1.82) is 0 Å². The highest BCUT2D eigenvalue weighted by Gasteiger charge is 1.95. The van der Waals surface area contributed by atoms with E-state index < -0.39 is 0 Å². The Balaban J connectivity index is 1.94. The van der Waals surface area contributed by atoms with E-state index in [2.05, 4.69) is 37.9 Å². The number of hydrogen-bond donors (Lipinski definition) is 1. The van der Waals surface area contributed by atoms with Crippen molar-refractivity contribution in [1.82, 2.24) is 5.32 Å². The van der Waals surface area contributed by atoms with Crippen molar-refractivity contribution < 1.29 is 18.9 Å². The highest BCUT2D eigenvalue weighted by Crippen LogP contribution is 2.11. The minimum absolute atomic E-state index is 0.377. The Bertz CT molecular complexity index is 505. The molecule has 0 atom stereocenters. The van der Waals surface area contributed by atoms with Crippen molar-refractivity contribution in [3.05, 3.63) is 29.8 Å². The third-order valence-electron chi connectivity index (χ3n) is 3.27. The molecule has 0 aromatic heterocycles. The molecule has 146 valence electrons. The summed E-state index contributed by atoms with van der Waals surface area (Å²) in [5.41, 5.74) is 1.00. The van der Waals surface area contributed by atoms with Crippen LogP contribution in [0.5, 0.6) is 5.75 Å². The van der Waals surface area contributed by atoms with Gasteiger partial charge in [0.05, 0.1) is 39.6 Å². The highest BCUT2D eigenvalue weighted by atomic mass is 16.6. The Kier molecular flexibility index (Phi) is 13.5. The molecule has 0 bridgehead atoms. The van der Waals surface area contributed by atoms with E-state index in [1.807, 2.05) is 24.3 Å². The summed E-state index contributed by atoms with van der Waals surface area (Å²) in [7, 11) is 0. The summed E-state index contributed by atoms with van der Waals surface area (Å²) in [6.45, 7) is 12.2. The van der Waals surface area contributed by atoms with E-state index in [1.165, 1.54) is 0 Å². The Hall–Kier alpha value is -1.58. The van der Waals surface area contributed by atoms with E-state index in [4.69, 9.17) is 18.9 Å². The van der Waals surface area contributed by atoms with Crippen LogP contribution in [0, 0.1) is 17.8 Å². The maximum atomic E-state index is 5.64. The second kappa shape index (κ2) is 15.7. The van der Waals surface area contributed by atoms with Gasteiger partial charge in [0.15, 0.2) is 0 Å². The Morgan fingerprint density at radius 1 is 0.846 bits per heavy atom. The van der Waals surface area contributed by atoms with E-state index in [9.17, 15) is 0 Å². The lowest BCUT2D eigenvalue weighted by Crippen LogP contribution is -2.20. The molecule has 0 saturated carbocycles. The lowest BCUT2D eigenvalue weighted by Gasteiger charge is -2.08. The average Bonchev–Trinajstić information content (AvgIpc) is 2.64. The first-order valence-electron chi connectivity index (χ1n) is 9.40.